The van der Waals surface area contributed by atoms with Gasteiger partial charge in [0.25, 0.3) is 0 Å². The Labute approximate surface area is 648 Å². The zero-order valence-corrected chi connectivity index (χ0v) is 61.2. The largest absolute Gasteiger partial charge is 0.456 e. The molecule has 0 amide bonds. The van der Waals surface area contributed by atoms with E-state index in [4.69, 9.17) is 30.4 Å². The van der Waals surface area contributed by atoms with Gasteiger partial charge in [-0.2, -0.15) is 0 Å². The van der Waals surface area contributed by atoms with E-state index in [2.05, 4.69) is 311 Å². The molecule has 9 heteroatoms. The molecule has 1 N–H and O–H groups in total. The van der Waals surface area contributed by atoms with Crippen molar-refractivity contribution in [2.75, 3.05) is 0 Å². The Kier molecular flexibility index (Phi) is 13.7. The summed E-state index contributed by atoms with van der Waals surface area (Å²) in [5.41, 5.74) is 13.4. The van der Waals surface area contributed by atoms with Crippen molar-refractivity contribution in [3.63, 3.8) is 0 Å². The molecule has 113 heavy (non-hydrogen) atoms. The summed E-state index contributed by atoms with van der Waals surface area (Å²) in [7, 11) is 0. The summed E-state index contributed by atoms with van der Waals surface area (Å²) in [6.45, 7) is 0. The Morgan fingerprint density at radius 1 is 0.221 bits per heavy atom. The fraction of sp³-hybridized carbons (Fsp3) is 0. The number of furan rings is 2. The van der Waals surface area contributed by atoms with Crippen molar-refractivity contribution in [1.82, 2.24) is 29.5 Å². The monoisotopic (exact) mass is 1460 g/mol. The van der Waals surface area contributed by atoms with Gasteiger partial charge in [0.15, 0.2) is 0 Å². The quantitative estimate of drug-likeness (QED) is 0.140. The van der Waals surface area contributed by atoms with Gasteiger partial charge in [-0.1, -0.05) is 291 Å². The van der Waals surface area contributed by atoms with Gasteiger partial charge in [-0.05, 0) is 169 Å². The predicted molar refractivity (Wildman–Crippen MR) is 475 cm³/mol. The number of nitrogens with zero attached hydrogens (tertiary/aromatic N) is 5. The SMILES string of the molecule is Clc1nc(-c2cccc3oc4ccccc4c23)c2c(ccc3ccccc32)n1.c1ccc2c(c1)ccc1[nH]c3ccc4c5ccccc5c5ccccc5c4c3c12.c1ccc2c(c1)ccc1nc(-n3c4ccc5ccccc5c4c4c5c6ccccc6c6ccccc6c5ccc43)nc(-c3cccc4oc5ccccc5c34)c12. The van der Waals surface area contributed by atoms with E-state index < -0.39 is 0 Å². The number of para-hydroxylation sites is 2. The van der Waals surface area contributed by atoms with Gasteiger partial charge < -0.3 is 13.8 Å². The molecule has 0 aliphatic rings. The van der Waals surface area contributed by atoms with E-state index >= 15 is 0 Å². The van der Waals surface area contributed by atoms with Gasteiger partial charge in [-0.15, -0.1) is 0 Å². The summed E-state index contributed by atoms with van der Waals surface area (Å²) in [6, 6.07) is 125. The molecule has 524 valence electrons. The number of rotatable bonds is 3. The van der Waals surface area contributed by atoms with E-state index in [1.165, 1.54) is 119 Å². The van der Waals surface area contributed by atoms with Crippen LogP contribution in [0.1, 0.15) is 0 Å². The minimum atomic E-state index is 0.239. The highest BCUT2D eigenvalue weighted by Crippen LogP contribution is 2.49. The Morgan fingerprint density at radius 3 is 1.09 bits per heavy atom. The standard InChI is InChI=1S/C52H29N3O.C28H17N.C24H13ClN2O/c1-3-14-32-30(12-1)24-27-41-48(32)51(40-21-11-23-45-46(40)39-20-9-10-22-44(39)56-45)54-52(53-41)55-42-28-25-31-13-2-4-15-33(31)49(42)50-43(55)29-26-38-36-18-6-5-16-34(36)35-17-7-8-19-37(35)47(38)50;1-2-8-18-17(7-1)13-15-24-27(18)28-25(29-24)16-14-23-21-11-4-3-9-19(21)20-10-5-6-12-22(20)26(23)28;25-24-26-18-13-12-14-6-1-2-7-15(14)22(18)23(27-24)17-9-5-11-20-21(17)16-8-3-4-10-19(16)28-20/h1-29H;1-16,29H;1-13H. The predicted octanol–water partition coefficient (Wildman–Crippen LogP) is 29.0. The maximum Gasteiger partial charge on any atom is 0.235 e. The Hall–Kier alpha value is -14.8. The molecule has 8 nitrogen and oxygen atoms in total. The van der Waals surface area contributed by atoms with Crippen molar-refractivity contribution in [1.29, 1.82) is 0 Å². The first-order valence-corrected chi connectivity index (χ1v) is 38.6. The maximum atomic E-state index is 6.43. The Bertz CT molecular complexity index is 8560. The first-order valence-electron chi connectivity index (χ1n) is 38.2. The molecule has 6 aromatic heterocycles. The molecule has 20 aromatic carbocycles. The van der Waals surface area contributed by atoms with Crippen LogP contribution in [0.25, 0.3) is 245 Å². The molecular formula is C104H59ClN6O2. The number of aromatic amines is 1. The lowest BCUT2D eigenvalue weighted by molar-refractivity contribution is 0.668. The van der Waals surface area contributed by atoms with Gasteiger partial charge in [0, 0.05) is 86.8 Å². The van der Waals surface area contributed by atoms with E-state index in [-0.39, 0.29) is 5.28 Å². The van der Waals surface area contributed by atoms with Gasteiger partial charge in [-0.3, -0.25) is 4.57 Å². The Morgan fingerprint density at radius 2 is 0.566 bits per heavy atom. The fourth-order valence-electron chi connectivity index (χ4n) is 18.8. The number of halogens is 1. The number of hydrogen-bond donors (Lipinski definition) is 1. The van der Waals surface area contributed by atoms with Crippen molar-refractivity contribution in [2.24, 2.45) is 0 Å². The molecule has 6 heterocycles. The molecule has 0 radical (unpaired) electrons. The summed E-state index contributed by atoms with van der Waals surface area (Å²) in [5.74, 6) is 0.632. The van der Waals surface area contributed by atoms with Gasteiger partial charge >= 0.3 is 0 Å². The molecule has 26 rings (SSSR count). The van der Waals surface area contributed by atoms with Crippen LogP contribution in [0.3, 0.4) is 0 Å². The average Bonchev–Trinajstić information content (AvgIpc) is 1.57. The lowest BCUT2D eigenvalue weighted by Crippen LogP contribution is -2.04. The summed E-state index contributed by atoms with van der Waals surface area (Å²) in [6.07, 6.45) is 0. The summed E-state index contributed by atoms with van der Waals surface area (Å²) in [4.78, 5) is 24.0. The lowest BCUT2D eigenvalue weighted by Gasteiger charge is -2.15. The van der Waals surface area contributed by atoms with Crippen LogP contribution in [0.4, 0.5) is 0 Å². The molecule has 0 saturated heterocycles. The minimum Gasteiger partial charge on any atom is -0.456 e. The third-order valence-electron chi connectivity index (χ3n) is 23.5. The van der Waals surface area contributed by atoms with Crippen molar-refractivity contribution in [3.8, 4) is 28.5 Å². The molecule has 0 saturated carbocycles. The van der Waals surface area contributed by atoms with Gasteiger partial charge in [0.1, 0.15) is 22.3 Å². The van der Waals surface area contributed by atoms with Crippen LogP contribution in [-0.2, 0) is 0 Å². The third kappa shape index (κ3) is 9.45. The van der Waals surface area contributed by atoms with Crippen molar-refractivity contribution >= 4 is 229 Å². The average molecular weight is 1460 g/mol. The number of H-pyrrole nitrogens is 1. The molecule has 0 atom stereocenters. The second-order valence-electron chi connectivity index (χ2n) is 29.5. The van der Waals surface area contributed by atoms with Crippen LogP contribution in [0.5, 0.6) is 0 Å². The van der Waals surface area contributed by atoms with Crippen LogP contribution in [-0.4, -0.2) is 29.5 Å². The highest BCUT2D eigenvalue weighted by Gasteiger charge is 2.26. The number of nitrogens with one attached hydrogen (secondary N) is 1. The van der Waals surface area contributed by atoms with Crippen LogP contribution < -0.4 is 0 Å². The normalized spacial score (nSPS) is 12.1. The summed E-state index contributed by atoms with van der Waals surface area (Å²) < 4.78 is 14.8. The lowest BCUT2D eigenvalue weighted by atomic mass is 9.91. The van der Waals surface area contributed by atoms with E-state index in [0.29, 0.717) is 5.95 Å². The minimum absolute atomic E-state index is 0.239. The van der Waals surface area contributed by atoms with Crippen molar-refractivity contribution in [3.05, 3.63) is 357 Å². The van der Waals surface area contributed by atoms with Crippen LogP contribution >= 0.6 is 11.6 Å². The maximum absolute atomic E-state index is 6.43. The second kappa shape index (κ2) is 24.6. The molecule has 0 aliphatic carbocycles. The smallest absolute Gasteiger partial charge is 0.235 e. The highest BCUT2D eigenvalue weighted by molar-refractivity contribution is 6.40. The summed E-state index contributed by atoms with van der Waals surface area (Å²) in [5, 5.41) is 36.5. The zero-order valence-electron chi connectivity index (χ0n) is 60.4. The van der Waals surface area contributed by atoms with Crippen LogP contribution in [0.2, 0.25) is 5.28 Å². The zero-order chi connectivity index (χ0) is 74.1. The number of benzene rings is 20. The van der Waals surface area contributed by atoms with E-state index in [0.717, 1.165) is 121 Å². The highest BCUT2D eigenvalue weighted by atomic mass is 35.5. The molecule has 0 unspecified atom stereocenters. The number of fused-ring (bicyclic) bond motifs is 36. The molecule has 26 aromatic rings. The Balaban J connectivity index is 0.000000109. The first kappa shape index (κ1) is 63.1. The van der Waals surface area contributed by atoms with Gasteiger partial charge in [0.05, 0.1) is 33.5 Å². The molecule has 0 aliphatic heterocycles. The first-order chi connectivity index (χ1) is 56.0. The molecule has 0 fully saturated rings. The van der Waals surface area contributed by atoms with E-state index in [1.807, 2.05) is 60.7 Å². The van der Waals surface area contributed by atoms with Gasteiger partial charge in [0.2, 0.25) is 11.2 Å². The van der Waals surface area contributed by atoms with Gasteiger partial charge in [-0.25, -0.2) is 19.9 Å². The topological polar surface area (TPSA) is 98.6 Å². The molecule has 0 spiro atoms. The van der Waals surface area contributed by atoms with E-state index in [1.54, 1.807) is 0 Å². The third-order valence-corrected chi connectivity index (χ3v) is 23.7. The number of hydrogen-bond acceptors (Lipinski definition) is 6. The second-order valence-corrected chi connectivity index (χ2v) is 29.8. The van der Waals surface area contributed by atoms with Crippen LogP contribution in [0.15, 0.2) is 361 Å². The van der Waals surface area contributed by atoms with Crippen LogP contribution in [0, 0.1) is 0 Å². The number of aromatic nitrogens is 6. The van der Waals surface area contributed by atoms with E-state index in [9.17, 15) is 0 Å². The van der Waals surface area contributed by atoms with Crippen molar-refractivity contribution < 1.29 is 8.83 Å². The molecular weight excluding hydrogens is 1400 g/mol. The summed E-state index contributed by atoms with van der Waals surface area (Å²) >= 11 is 6.32. The van der Waals surface area contributed by atoms with Crippen molar-refractivity contribution in [2.45, 2.75) is 0 Å². The fourth-order valence-corrected chi connectivity index (χ4v) is 19.0. The molecule has 0 bridgehead atoms.